The fourth-order valence-electron chi connectivity index (χ4n) is 0.774. The third kappa shape index (κ3) is 5.62. The third-order valence-electron chi connectivity index (χ3n) is 1.24. The lowest BCUT2D eigenvalue weighted by molar-refractivity contribution is -0.106. The van der Waals surface area contributed by atoms with E-state index in [4.69, 9.17) is 9.90 Å². The summed E-state index contributed by atoms with van der Waals surface area (Å²) in [5.41, 5.74) is 1.19. The Morgan fingerprint density at radius 1 is 1.33 bits per heavy atom. The Hall–Kier alpha value is -1.15. The molecule has 0 aliphatic heterocycles. The Labute approximate surface area is 72.9 Å². The maximum absolute atomic E-state index is 8.81. The van der Waals surface area contributed by atoms with Crippen LogP contribution in [0.25, 0.3) is 0 Å². The average molecular weight is 166 g/mol. The molecular weight excluding hydrogens is 152 g/mol. The van der Waals surface area contributed by atoms with E-state index >= 15 is 0 Å². The summed E-state index contributed by atoms with van der Waals surface area (Å²) >= 11 is 0. The quantitative estimate of drug-likeness (QED) is 0.675. The number of aldehydes is 1. The first-order chi connectivity index (χ1) is 5.85. The fraction of sp³-hybridized carbons (Fsp3) is 0.300. The Kier molecular flexibility index (Phi) is 7.19. The van der Waals surface area contributed by atoms with E-state index in [0.717, 1.165) is 12.7 Å². The molecule has 2 heteroatoms. The molecule has 0 saturated heterocycles. The van der Waals surface area contributed by atoms with Crippen molar-refractivity contribution < 1.29 is 9.90 Å². The first kappa shape index (κ1) is 10.8. The zero-order chi connectivity index (χ0) is 9.23. The van der Waals surface area contributed by atoms with Crippen molar-refractivity contribution in [2.45, 2.75) is 13.3 Å². The van der Waals surface area contributed by atoms with Crippen LogP contribution in [0.1, 0.15) is 12.5 Å². The van der Waals surface area contributed by atoms with Crippen LogP contribution in [0.5, 0.6) is 0 Å². The molecule has 0 spiro atoms. The molecule has 0 aliphatic rings. The van der Waals surface area contributed by atoms with E-state index in [1.54, 1.807) is 0 Å². The van der Waals surface area contributed by atoms with Gasteiger partial charge in [-0.1, -0.05) is 30.3 Å². The van der Waals surface area contributed by atoms with Crippen LogP contribution < -0.4 is 0 Å². The van der Waals surface area contributed by atoms with Crippen molar-refractivity contribution in [1.29, 1.82) is 0 Å². The Balaban J connectivity index is 0.000000354. The van der Waals surface area contributed by atoms with Gasteiger partial charge in [-0.15, -0.1) is 0 Å². The van der Waals surface area contributed by atoms with Gasteiger partial charge in [-0.3, -0.25) is 0 Å². The Morgan fingerprint density at radius 2 is 1.83 bits per heavy atom. The van der Waals surface area contributed by atoms with E-state index in [1.807, 2.05) is 30.3 Å². The second-order valence-corrected chi connectivity index (χ2v) is 2.19. The molecule has 0 bridgehead atoms. The molecule has 1 N–H and O–H groups in total. The lowest BCUT2D eigenvalue weighted by Gasteiger charge is -1.93. The van der Waals surface area contributed by atoms with Gasteiger partial charge in [0.15, 0.2) is 0 Å². The van der Waals surface area contributed by atoms with Crippen molar-refractivity contribution in [3.8, 4) is 0 Å². The van der Waals surface area contributed by atoms with Gasteiger partial charge in [-0.2, -0.15) is 0 Å². The van der Waals surface area contributed by atoms with Gasteiger partial charge in [0.1, 0.15) is 6.29 Å². The van der Waals surface area contributed by atoms with Gasteiger partial charge < -0.3 is 9.90 Å². The molecule has 2 nitrogen and oxygen atoms in total. The molecule has 0 heterocycles. The minimum absolute atomic E-state index is 0.240. The van der Waals surface area contributed by atoms with Crippen molar-refractivity contribution in [2.24, 2.45) is 0 Å². The van der Waals surface area contributed by atoms with Crippen LogP contribution in [0.3, 0.4) is 0 Å². The minimum atomic E-state index is 0.240. The van der Waals surface area contributed by atoms with E-state index in [2.05, 4.69) is 0 Å². The topological polar surface area (TPSA) is 37.3 Å². The summed E-state index contributed by atoms with van der Waals surface area (Å²) in [5, 5.41) is 8.52. The number of carbonyl (C=O) groups is 1. The largest absolute Gasteiger partial charge is 0.396 e. The lowest BCUT2D eigenvalue weighted by Crippen LogP contribution is -1.88. The van der Waals surface area contributed by atoms with Crippen LogP contribution in [-0.4, -0.2) is 18.0 Å². The van der Waals surface area contributed by atoms with Crippen LogP contribution >= 0.6 is 0 Å². The number of aliphatic hydroxyl groups excluding tert-OH is 1. The van der Waals surface area contributed by atoms with Crippen molar-refractivity contribution in [2.75, 3.05) is 6.61 Å². The van der Waals surface area contributed by atoms with E-state index in [1.165, 1.54) is 12.5 Å². The van der Waals surface area contributed by atoms with Crippen molar-refractivity contribution in [3.05, 3.63) is 35.9 Å². The fourth-order valence-corrected chi connectivity index (χ4v) is 0.774. The molecule has 1 aromatic carbocycles. The van der Waals surface area contributed by atoms with Gasteiger partial charge in [0.2, 0.25) is 0 Å². The molecular formula is C10H14O2. The second kappa shape index (κ2) is 7.95. The molecule has 1 aromatic rings. The van der Waals surface area contributed by atoms with Gasteiger partial charge in [0.25, 0.3) is 0 Å². The number of carbonyl (C=O) groups excluding carboxylic acids is 1. The van der Waals surface area contributed by atoms with Gasteiger partial charge in [0.05, 0.1) is 0 Å². The monoisotopic (exact) mass is 166 g/mol. The van der Waals surface area contributed by atoms with Gasteiger partial charge in [0, 0.05) is 6.61 Å². The molecule has 0 aromatic heterocycles. The number of hydrogen-bond donors (Lipinski definition) is 1. The molecule has 0 fully saturated rings. The van der Waals surface area contributed by atoms with Crippen LogP contribution in [0.4, 0.5) is 0 Å². The summed E-state index contributed by atoms with van der Waals surface area (Å²) in [4.78, 5) is 8.81. The summed E-state index contributed by atoms with van der Waals surface area (Å²) in [6.45, 7) is 1.68. The van der Waals surface area contributed by atoms with Crippen LogP contribution in [0, 0.1) is 0 Å². The molecule has 0 aliphatic carbocycles. The molecule has 0 amide bonds. The Morgan fingerprint density at radius 3 is 2.25 bits per heavy atom. The summed E-state index contributed by atoms with van der Waals surface area (Å²) in [6, 6.07) is 9.95. The highest BCUT2D eigenvalue weighted by Crippen LogP contribution is 1.97. The SMILES string of the molecule is CC=O.OCCc1ccccc1. The standard InChI is InChI=1S/C8H10O.C2H4O/c9-7-6-8-4-2-1-3-5-8;1-2-3/h1-5,9H,6-7H2;2H,1H3. The zero-order valence-electron chi connectivity index (χ0n) is 7.23. The summed E-state index contributed by atoms with van der Waals surface area (Å²) in [5.74, 6) is 0. The minimum Gasteiger partial charge on any atom is -0.396 e. The van der Waals surface area contributed by atoms with Crippen molar-refractivity contribution in [3.63, 3.8) is 0 Å². The highest BCUT2D eigenvalue weighted by atomic mass is 16.2. The van der Waals surface area contributed by atoms with Crippen LogP contribution in [-0.2, 0) is 11.2 Å². The molecule has 0 unspecified atom stereocenters. The molecule has 12 heavy (non-hydrogen) atoms. The summed E-state index contributed by atoms with van der Waals surface area (Å²) in [7, 11) is 0. The van der Waals surface area contributed by atoms with Crippen LogP contribution in [0.2, 0.25) is 0 Å². The molecule has 66 valence electrons. The van der Waals surface area contributed by atoms with Crippen molar-refractivity contribution >= 4 is 6.29 Å². The first-order valence-corrected chi connectivity index (χ1v) is 3.89. The normalized spacial score (nSPS) is 8.17. The van der Waals surface area contributed by atoms with E-state index in [9.17, 15) is 0 Å². The van der Waals surface area contributed by atoms with Gasteiger partial charge in [-0.05, 0) is 18.9 Å². The van der Waals surface area contributed by atoms with Crippen molar-refractivity contribution in [1.82, 2.24) is 0 Å². The maximum Gasteiger partial charge on any atom is 0.116 e. The second-order valence-electron chi connectivity index (χ2n) is 2.19. The highest BCUT2D eigenvalue weighted by Gasteiger charge is 1.85. The van der Waals surface area contributed by atoms with E-state index in [0.29, 0.717) is 0 Å². The molecule has 0 saturated carbocycles. The Bertz CT molecular complexity index is 194. The van der Waals surface area contributed by atoms with Gasteiger partial charge >= 0.3 is 0 Å². The van der Waals surface area contributed by atoms with Gasteiger partial charge in [-0.25, -0.2) is 0 Å². The maximum atomic E-state index is 8.81. The van der Waals surface area contributed by atoms with E-state index < -0.39 is 0 Å². The smallest absolute Gasteiger partial charge is 0.116 e. The first-order valence-electron chi connectivity index (χ1n) is 3.89. The number of aliphatic hydroxyl groups is 1. The average Bonchev–Trinajstić information content (AvgIpc) is 2.08. The van der Waals surface area contributed by atoms with E-state index in [-0.39, 0.29) is 6.61 Å². The summed E-state index contributed by atoms with van der Waals surface area (Å²) in [6.07, 6.45) is 1.51. The zero-order valence-corrected chi connectivity index (χ0v) is 7.23. The summed E-state index contributed by atoms with van der Waals surface area (Å²) < 4.78 is 0. The molecule has 0 atom stereocenters. The molecule has 1 rings (SSSR count). The van der Waals surface area contributed by atoms with Crippen LogP contribution in [0.15, 0.2) is 30.3 Å². The highest BCUT2D eigenvalue weighted by molar-refractivity contribution is 5.44. The predicted molar refractivity (Wildman–Crippen MR) is 49.0 cm³/mol. The predicted octanol–water partition coefficient (Wildman–Crippen LogP) is 1.43. The third-order valence-corrected chi connectivity index (χ3v) is 1.24. The number of rotatable bonds is 2. The number of hydrogen-bond acceptors (Lipinski definition) is 2. The lowest BCUT2D eigenvalue weighted by atomic mass is 10.2. The molecule has 0 radical (unpaired) electrons. The number of benzene rings is 1.